The van der Waals surface area contributed by atoms with Gasteiger partial charge in [-0.2, -0.15) is 5.10 Å². The Balaban J connectivity index is 1.22. The third-order valence-corrected chi connectivity index (χ3v) is 10.6. The molecule has 3 aliphatic carbocycles. The number of aryl methyl sites for hydroxylation is 1. The standard InChI is InChI=1S/C34H42FN9O/c1-20-18-43(14-12-36-20)33(41-28-16-23-15-27(21(28)2)34(23,3)4)39-25-9-10-26-29(17-25)40-31(30-37-19-38-42-30)44(32(26)45)13-11-22-5-7-24(35)8-6-22/h5-10,17,19-21,23,27-28,36H,11-16,18H2,1-4H3,(H,39,41)(H,37,38,42)/t20-,21+,23-,27-,28-/m0/s1. The molecule has 4 fully saturated rings. The molecule has 11 heteroatoms. The SMILES string of the molecule is C[C@H]1[C@@H](N=C(Nc2ccc3c(=O)n(CCc4ccc(F)cc4)c(-c4ncn[nH]4)nc3c2)N2CCN[C@@H](C)C2)C[C@@H]2C[C@@H]1C2(C)C. The van der Waals surface area contributed by atoms with E-state index in [1.54, 1.807) is 16.7 Å². The van der Waals surface area contributed by atoms with Crippen LogP contribution < -0.4 is 16.2 Å². The Labute approximate surface area is 262 Å². The first-order valence-corrected chi connectivity index (χ1v) is 16.2. The van der Waals surface area contributed by atoms with Crippen molar-refractivity contribution in [1.29, 1.82) is 0 Å². The van der Waals surface area contributed by atoms with Gasteiger partial charge in [0.1, 0.15) is 12.1 Å². The number of halogens is 1. The van der Waals surface area contributed by atoms with Crippen LogP contribution in [0.15, 0.2) is 58.6 Å². The van der Waals surface area contributed by atoms with E-state index in [0.29, 0.717) is 58.8 Å². The van der Waals surface area contributed by atoms with Gasteiger partial charge in [-0.15, -0.1) is 0 Å². The summed E-state index contributed by atoms with van der Waals surface area (Å²) < 4.78 is 15.1. The number of benzene rings is 2. The maximum atomic E-state index is 13.9. The summed E-state index contributed by atoms with van der Waals surface area (Å²) in [6.45, 7) is 12.4. The van der Waals surface area contributed by atoms with Crippen molar-refractivity contribution >= 4 is 22.5 Å². The Morgan fingerprint density at radius 3 is 2.69 bits per heavy atom. The number of anilines is 1. The Morgan fingerprint density at radius 2 is 1.98 bits per heavy atom. The average Bonchev–Trinajstić information content (AvgIpc) is 3.56. The predicted octanol–water partition coefficient (Wildman–Crippen LogP) is 4.70. The molecule has 4 aliphatic rings. The maximum absolute atomic E-state index is 13.9. The van der Waals surface area contributed by atoms with Crippen LogP contribution in [0.2, 0.25) is 0 Å². The van der Waals surface area contributed by atoms with E-state index < -0.39 is 0 Å². The highest BCUT2D eigenvalue weighted by molar-refractivity contribution is 5.96. The smallest absolute Gasteiger partial charge is 0.261 e. The van der Waals surface area contributed by atoms with Crippen LogP contribution >= 0.6 is 0 Å². The van der Waals surface area contributed by atoms with Gasteiger partial charge in [0.15, 0.2) is 17.6 Å². The van der Waals surface area contributed by atoms with Crippen LogP contribution in [-0.4, -0.2) is 67.3 Å². The number of hydrogen-bond acceptors (Lipinski definition) is 6. The highest BCUT2D eigenvalue weighted by Crippen LogP contribution is 2.61. The van der Waals surface area contributed by atoms with Crippen LogP contribution in [0.3, 0.4) is 0 Å². The van der Waals surface area contributed by atoms with Gasteiger partial charge in [0.25, 0.3) is 5.56 Å². The van der Waals surface area contributed by atoms with E-state index in [0.717, 1.165) is 49.2 Å². The number of aromatic nitrogens is 5. The highest BCUT2D eigenvalue weighted by Gasteiger charge is 2.56. The molecule has 1 aliphatic heterocycles. The minimum atomic E-state index is -0.288. The van der Waals surface area contributed by atoms with Gasteiger partial charge in [-0.25, -0.2) is 19.4 Å². The van der Waals surface area contributed by atoms with E-state index in [4.69, 9.17) is 9.98 Å². The molecule has 0 unspecified atom stereocenters. The van der Waals surface area contributed by atoms with E-state index in [-0.39, 0.29) is 17.4 Å². The van der Waals surface area contributed by atoms with Crippen LogP contribution in [0, 0.1) is 29.0 Å². The third-order valence-electron chi connectivity index (χ3n) is 10.6. The zero-order valence-electron chi connectivity index (χ0n) is 26.4. The lowest BCUT2D eigenvalue weighted by Gasteiger charge is -2.61. The largest absolute Gasteiger partial charge is 0.340 e. The molecule has 1 saturated heterocycles. The van der Waals surface area contributed by atoms with Gasteiger partial charge < -0.3 is 15.5 Å². The lowest BCUT2D eigenvalue weighted by Crippen LogP contribution is -2.57. The molecule has 2 aromatic carbocycles. The van der Waals surface area contributed by atoms with Crippen LogP contribution in [-0.2, 0) is 13.0 Å². The average molecular weight is 612 g/mol. The molecule has 8 rings (SSSR count). The second-order valence-electron chi connectivity index (χ2n) is 13.7. The molecule has 0 spiro atoms. The lowest BCUT2D eigenvalue weighted by atomic mass is 9.45. The summed E-state index contributed by atoms with van der Waals surface area (Å²) in [6, 6.07) is 12.7. The number of rotatable bonds is 6. The summed E-state index contributed by atoms with van der Waals surface area (Å²) in [5.74, 6) is 3.38. The van der Waals surface area contributed by atoms with E-state index in [1.807, 2.05) is 18.2 Å². The number of hydrogen-bond donors (Lipinski definition) is 3. The zero-order chi connectivity index (χ0) is 31.3. The number of aromatic amines is 1. The second-order valence-corrected chi connectivity index (χ2v) is 13.7. The van der Waals surface area contributed by atoms with E-state index in [9.17, 15) is 9.18 Å². The molecule has 3 N–H and O–H groups in total. The van der Waals surface area contributed by atoms with Crippen LogP contribution in [0.4, 0.5) is 10.1 Å². The van der Waals surface area contributed by atoms with Crippen LogP contribution in [0.25, 0.3) is 22.6 Å². The highest BCUT2D eigenvalue weighted by atomic mass is 19.1. The molecule has 10 nitrogen and oxygen atoms in total. The van der Waals surface area contributed by atoms with Crippen molar-refractivity contribution in [2.75, 3.05) is 25.0 Å². The first-order valence-electron chi connectivity index (χ1n) is 16.2. The van der Waals surface area contributed by atoms with Crippen molar-refractivity contribution in [3.8, 4) is 11.6 Å². The molecule has 5 atom stereocenters. The summed E-state index contributed by atoms with van der Waals surface area (Å²) in [5.41, 5.74) is 2.56. The first-order chi connectivity index (χ1) is 21.7. The summed E-state index contributed by atoms with van der Waals surface area (Å²) in [4.78, 5) is 30.9. The number of nitrogens with zero attached hydrogens (tertiary/aromatic N) is 6. The molecular weight excluding hydrogens is 569 g/mol. The molecule has 0 amide bonds. The van der Waals surface area contributed by atoms with Gasteiger partial charge in [0.05, 0.1) is 16.9 Å². The number of aliphatic imine (C=N–C) groups is 1. The van der Waals surface area contributed by atoms with Gasteiger partial charge in [-0.05, 0) is 85.3 Å². The first kappa shape index (κ1) is 29.6. The van der Waals surface area contributed by atoms with Crippen molar-refractivity contribution in [3.05, 3.63) is 70.5 Å². The molecule has 2 bridgehead atoms. The number of nitrogens with one attached hydrogen (secondary N) is 3. The van der Waals surface area contributed by atoms with Crippen LogP contribution in [0.1, 0.15) is 46.1 Å². The fourth-order valence-electron chi connectivity index (χ4n) is 7.79. The Kier molecular flexibility index (Phi) is 7.67. The quantitative estimate of drug-likeness (QED) is 0.214. The third kappa shape index (κ3) is 5.62. The maximum Gasteiger partial charge on any atom is 0.261 e. The molecule has 236 valence electrons. The number of fused-ring (bicyclic) bond motifs is 3. The lowest BCUT2D eigenvalue weighted by molar-refractivity contribution is -0.108. The van der Waals surface area contributed by atoms with Gasteiger partial charge in [-0.3, -0.25) is 14.5 Å². The summed E-state index contributed by atoms with van der Waals surface area (Å²) in [5, 5.41) is 14.6. The van der Waals surface area contributed by atoms with Crippen molar-refractivity contribution in [2.45, 2.75) is 65.6 Å². The summed E-state index contributed by atoms with van der Waals surface area (Å²) in [7, 11) is 0. The van der Waals surface area contributed by atoms with E-state index in [2.05, 4.69) is 58.4 Å². The topological polar surface area (TPSA) is 116 Å². The van der Waals surface area contributed by atoms with Crippen molar-refractivity contribution in [3.63, 3.8) is 0 Å². The minimum Gasteiger partial charge on any atom is -0.340 e. The Bertz CT molecular complexity index is 1760. The van der Waals surface area contributed by atoms with Gasteiger partial charge in [-0.1, -0.05) is 32.9 Å². The van der Waals surface area contributed by atoms with E-state index >= 15 is 0 Å². The molecule has 45 heavy (non-hydrogen) atoms. The second kappa shape index (κ2) is 11.7. The molecule has 2 aromatic heterocycles. The molecular formula is C34H42FN9O. The van der Waals surface area contributed by atoms with Gasteiger partial charge in [0, 0.05) is 37.9 Å². The molecule has 3 heterocycles. The van der Waals surface area contributed by atoms with Gasteiger partial charge >= 0.3 is 0 Å². The number of guanidine groups is 1. The predicted molar refractivity (Wildman–Crippen MR) is 175 cm³/mol. The monoisotopic (exact) mass is 611 g/mol. The van der Waals surface area contributed by atoms with Gasteiger partial charge in [0.2, 0.25) is 0 Å². The minimum absolute atomic E-state index is 0.164. The number of piperazine rings is 1. The van der Waals surface area contributed by atoms with Crippen molar-refractivity contribution in [1.82, 2.24) is 34.9 Å². The summed E-state index contributed by atoms with van der Waals surface area (Å²) in [6.07, 6.45) is 4.38. The fourth-order valence-corrected chi connectivity index (χ4v) is 7.79. The molecule has 3 saturated carbocycles. The number of H-pyrrole nitrogens is 1. The van der Waals surface area contributed by atoms with Crippen molar-refractivity contribution in [2.24, 2.45) is 28.2 Å². The zero-order valence-corrected chi connectivity index (χ0v) is 26.4. The van der Waals surface area contributed by atoms with Crippen molar-refractivity contribution < 1.29 is 4.39 Å². The Morgan fingerprint density at radius 1 is 1.16 bits per heavy atom. The fraction of sp³-hybridized carbons (Fsp3) is 0.500. The molecule has 4 aromatic rings. The van der Waals surface area contributed by atoms with Crippen LogP contribution in [0.5, 0.6) is 0 Å². The van der Waals surface area contributed by atoms with E-state index in [1.165, 1.54) is 24.9 Å². The molecule has 0 radical (unpaired) electrons. The normalized spacial score (nSPS) is 26.1. The Hall–Kier alpha value is -4.12. The summed E-state index contributed by atoms with van der Waals surface area (Å²) >= 11 is 0.